The van der Waals surface area contributed by atoms with Gasteiger partial charge in [0.2, 0.25) is 5.91 Å². The first-order valence-corrected chi connectivity index (χ1v) is 9.35. The van der Waals surface area contributed by atoms with Crippen LogP contribution in [0.4, 0.5) is 0 Å². The highest BCUT2D eigenvalue weighted by atomic mass is 16.7. The molecule has 7 heteroatoms. The molecular formula is C19H24N2O5. The summed E-state index contributed by atoms with van der Waals surface area (Å²) in [5.41, 5.74) is 1.35. The first-order chi connectivity index (χ1) is 12.7. The predicted octanol–water partition coefficient (Wildman–Crippen LogP) is 2.13. The summed E-state index contributed by atoms with van der Waals surface area (Å²) in [6.07, 6.45) is 3.73. The number of hydrogen-bond donors (Lipinski definition) is 0. The van der Waals surface area contributed by atoms with Crippen LogP contribution in [-0.2, 0) is 20.8 Å². The predicted molar refractivity (Wildman–Crippen MR) is 94.8 cm³/mol. The molecule has 3 heterocycles. The number of para-hydroxylation sites is 2. The van der Waals surface area contributed by atoms with Gasteiger partial charge in [-0.3, -0.25) is 9.36 Å². The van der Waals surface area contributed by atoms with Crippen LogP contribution in [0.15, 0.2) is 33.5 Å². The summed E-state index contributed by atoms with van der Waals surface area (Å²) >= 11 is 0. The van der Waals surface area contributed by atoms with Crippen molar-refractivity contribution >= 4 is 17.0 Å². The maximum Gasteiger partial charge on any atom is 0.419 e. The molecule has 26 heavy (non-hydrogen) atoms. The molecule has 140 valence electrons. The van der Waals surface area contributed by atoms with E-state index in [1.54, 1.807) is 10.6 Å². The molecule has 2 saturated heterocycles. The fraction of sp³-hybridized carbons (Fsp3) is 0.579. The number of fused-ring (bicyclic) bond motifs is 1. The maximum absolute atomic E-state index is 12.7. The number of carbonyl (C=O) groups excluding carboxylic acids is 1. The molecule has 2 fully saturated rings. The SMILES string of the molecule is O=C(CCCn1c(=O)oc2ccccc21)N1CCCCC1C1OCCO1. The highest BCUT2D eigenvalue weighted by molar-refractivity contribution is 5.76. The van der Waals surface area contributed by atoms with Crippen LogP contribution in [0, 0.1) is 0 Å². The zero-order valence-electron chi connectivity index (χ0n) is 14.8. The van der Waals surface area contributed by atoms with Crippen molar-refractivity contribution in [2.24, 2.45) is 0 Å². The van der Waals surface area contributed by atoms with Crippen molar-refractivity contribution in [3.8, 4) is 0 Å². The van der Waals surface area contributed by atoms with Gasteiger partial charge >= 0.3 is 5.76 Å². The van der Waals surface area contributed by atoms with Crippen LogP contribution in [0.3, 0.4) is 0 Å². The van der Waals surface area contributed by atoms with E-state index < -0.39 is 0 Å². The number of nitrogens with zero attached hydrogens (tertiary/aromatic N) is 2. The monoisotopic (exact) mass is 360 g/mol. The summed E-state index contributed by atoms with van der Waals surface area (Å²) in [6.45, 7) is 2.41. The van der Waals surface area contributed by atoms with Crippen molar-refractivity contribution in [3.63, 3.8) is 0 Å². The topological polar surface area (TPSA) is 73.9 Å². The smallest absolute Gasteiger partial charge is 0.408 e. The van der Waals surface area contributed by atoms with Gasteiger partial charge in [-0.25, -0.2) is 4.79 Å². The molecule has 0 N–H and O–H groups in total. The lowest BCUT2D eigenvalue weighted by Crippen LogP contribution is -2.50. The lowest BCUT2D eigenvalue weighted by Gasteiger charge is -2.38. The van der Waals surface area contributed by atoms with E-state index in [2.05, 4.69) is 0 Å². The minimum atomic E-state index is -0.373. The Balaban J connectivity index is 1.38. The standard InChI is InChI=1S/C19H24N2O5/c22-17(20-10-4-3-7-15(20)18-24-12-13-25-18)9-5-11-21-14-6-1-2-8-16(14)26-19(21)23/h1-2,6,8,15,18H,3-5,7,9-13H2. The third-order valence-electron chi connectivity index (χ3n) is 5.18. The molecule has 2 aliphatic rings. The van der Waals surface area contributed by atoms with E-state index in [0.717, 1.165) is 31.3 Å². The van der Waals surface area contributed by atoms with Gasteiger partial charge in [-0.2, -0.15) is 0 Å². The van der Waals surface area contributed by atoms with Gasteiger partial charge in [0, 0.05) is 19.5 Å². The average molecular weight is 360 g/mol. The van der Waals surface area contributed by atoms with Crippen LogP contribution < -0.4 is 5.76 Å². The summed E-state index contributed by atoms with van der Waals surface area (Å²) in [4.78, 5) is 26.7. The molecule has 0 bridgehead atoms. The Morgan fingerprint density at radius 1 is 1.15 bits per heavy atom. The summed E-state index contributed by atoms with van der Waals surface area (Å²) in [6, 6.07) is 7.36. The van der Waals surface area contributed by atoms with Gasteiger partial charge in [0.1, 0.15) is 0 Å². The molecule has 7 nitrogen and oxygen atoms in total. The number of amides is 1. The Hall–Kier alpha value is -2.12. The summed E-state index contributed by atoms with van der Waals surface area (Å²) < 4.78 is 18.1. The minimum absolute atomic E-state index is 0.0104. The molecule has 1 aromatic heterocycles. The molecule has 1 unspecified atom stereocenters. The maximum atomic E-state index is 12.7. The van der Waals surface area contributed by atoms with Gasteiger partial charge in [0.15, 0.2) is 11.9 Å². The first kappa shape index (κ1) is 17.3. The lowest BCUT2D eigenvalue weighted by molar-refractivity contribution is -0.150. The van der Waals surface area contributed by atoms with Gasteiger partial charge in [-0.15, -0.1) is 0 Å². The number of ether oxygens (including phenoxy) is 2. The van der Waals surface area contributed by atoms with Gasteiger partial charge in [-0.05, 0) is 37.8 Å². The molecule has 0 aliphatic carbocycles. The molecule has 2 aliphatic heterocycles. The number of rotatable bonds is 5. The second-order valence-electron chi connectivity index (χ2n) is 6.85. The molecule has 0 radical (unpaired) electrons. The molecule has 0 saturated carbocycles. The zero-order valence-corrected chi connectivity index (χ0v) is 14.8. The van der Waals surface area contributed by atoms with Crippen molar-refractivity contribution < 1.29 is 18.7 Å². The van der Waals surface area contributed by atoms with Gasteiger partial charge < -0.3 is 18.8 Å². The molecule has 1 aromatic carbocycles. The van der Waals surface area contributed by atoms with Gasteiger partial charge in [-0.1, -0.05) is 12.1 Å². The number of carbonyl (C=O) groups is 1. The van der Waals surface area contributed by atoms with Crippen LogP contribution >= 0.6 is 0 Å². The van der Waals surface area contributed by atoms with E-state index in [0.29, 0.717) is 38.2 Å². The number of oxazole rings is 1. The zero-order chi connectivity index (χ0) is 17.9. The number of piperidine rings is 1. The number of aryl methyl sites for hydroxylation is 1. The largest absolute Gasteiger partial charge is 0.419 e. The van der Waals surface area contributed by atoms with E-state index in [9.17, 15) is 9.59 Å². The minimum Gasteiger partial charge on any atom is -0.408 e. The molecule has 1 amide bonds. The average Bonchev–Trinajstić information content (AvgIpc) is 3.30. The van der Waals surface area contributed by atoms with E-state index in [4.69, 9.17) is 13.9 Å². The fourth-order valence-corrected chi connectivity index (χ4v) is 3.91. The highest BCUT2D eigenvalue weighted by Gasteiger charge is 2.35. The van der Waals surface area contributed by atoms with Crippen molar-refractivity contribution in [2.45, 2.75) is 51.0 Å². The van der Waals surface area contributed by atoms with Crippen LogP contribution in [-0.4, -0.2) is 47.5 Å². The van der Waals surface area contributed by atoms with Crippen molar-refractivity contribution in [1.82, 2.24) is 9.47 Å². The quantitative estimate of drug-likeness (QED) is 0.817. The molecule has 2 aromatic rings. The third-order valence-corrected chi connectivity index (χ3v) is 5.18. The molecule has 4 rings (SSSR count). The second kappa shape index (κ2) is 7.63. The Kier molecular flexibility index (Phi) is 5.08. The third kappa shape index (κ3) is 3.41. The highest BCUT2D eigenvalue weighted by Crippen LogP contribution is 2.25. The summed E-state index contributed by atoms with van der Waals surface area (Å²) in [5.74, 6) is -0.267. The molecular weight excluding hydrogens is 336 g/mol. The van der Waals surface area contributed by atoms with Gasteiger partial charge in [0.05, 0.1) is 24.8 Å². The van der Waals surface area contributed by atoms with Crippen LogP contribution in [0.5, 0.6) is 0 Å². The normalized spacial score (nSPS) is 21.5. The summed E-state index contributed by atoms with van der Waals surface area (Å²) in [7, 11) is 0. The van der Waals surface area contributed by atoms with Crippen molar-refractivity contribution in [3.05, 3.63) is 34.8 Å². The van der Waals surface area contributed by atoms with Gasteiger partial charge in [0.25, 0.3) is 0 Å². The number of hydrogen-bond acceptors (Lipinski definition) is 5. The molecule has 0 spiro atoms. The Morgan fingerprint density at radius 3 is 2.81 bits per heavy atom. The summed E-state index contributed by atoms with van der Waals surface area (Å²) in [5, 5.41) is 0. The van der Waals surface area contributed by atoms with E-state index in [-0.39, 0.29) is 24.0 Å². The van der Waals surface area contributed by atoms with Crippen molar-refractivity contribution in [1.29, 1.82) is 0 Å². The number of likely N-dealkylation sites (tertiary alicyclic amines) is 1. The Morgan fingerprint density at radius 2 is 1.96 bits per heavy atom. The van der Waals surface area contributed by atoms with E-state index in [1.165, 1.54) is 0 Å². The number of benzene rings is 1. The van der Waals surface area contributed by atoms with Crippen LogP contribution in [0.2, 0.25) is 0 Å². The first-order valence-electron chi connectivity index (χ1n) is 9.35. The molecule has 1 atom stereocenters. The Bertz CT molecular complexity index is 821. The van der Waals surface area contributed by atoms with Crippen LogP contribution in [0.1, 0.15) is 32.1 Å². The van der Waals surface area contributed by atoms with E-state index in [1.807, 2.05) is 23.1 Å². The van der Waals surface area contributed by atoms with Crippen molar-refractivity contribution in [2.75, 3.05) is 19.8 Å². The van der Waals surface area contributed by atoms with Crippen LogP contribution in [0.25, 0.3) is 11.1 Å². The fourth-order valence-electron chi connectivity index (χ4n) is 3.91. The Labute approximate surface area is 151 Å². The van der Waals surface area contributed by atoms with E-state index >= 15 is 0 Å². The lowest BCUT2D eigenvalue weighted by atomic mass is 10.0. The second-order valence-corrected chi connectivity index (χ2v) is 6.85. The number of aromatic nitrogens is 1.